The molecule has 0 heterocycles. The Morgan fingerprint density at radius 2 is 2.20 bits per heavy atom. The Labute approximate surface area is 89.3 Å². The number of hydrogen-bond donors (Lipinski definition) is 1. The van der Waals surface area contributed by atoms with Gasteiger partial charge in [0.2, 0.25) is 0 Å². The minimum atomic E-state index is -0.388. The summed E-state index contributed by atoms with van der Waals surface area (Å²) in [5, 5.41) is 9.71. The highest BCUT2D eigenvalue weighted by Gasteiger charge is 2.18. The highest BCUT2D eigenvalue weighted by Crippen LogP contribution is 2.29. The molecule has 1 aliphatic carbocycles. The molecule has 2 heteroatoms. The average Bonchev–Trinajstić information content (AvgIpc) is 2.60. The third-order valence-corrected chi connectivity index (χ3v) is 2.97. The van der Waals surface area contributed by atoms with E-state index in [1.54, 1.807) is 13.0 Å². The van der Waals surface area contributed by atoms with Crippen LogP contribution in [0.1, 0.15) is 30.0 Å². The van der Waals surface area contributed by atoms with Crippen molar-refractivity contribution >= 4 is 6.08 Å². The number of rotatable bonds is 2. The van der Waals surface area contributed by atoms with E-state index in [0.29, 0.717) is 18.4 Å². The molecule has 0 saturated heterocycles. The average molecular weight is 206 g/mol. The third kappa shape index (κ3) is 1.82. The molecular weight excluding hydrogens is 191 g/mol. The first-order chi connectivity index (χ1) is 7.11. The number of benzene rings is 1. The Kier molecular flexibility index (Phi) is 2.61. The zero-order valence-corrected chi connectivity index (χ0v) is 9.05. The van der Waals surface area contributed by atoms with Crippen molar-refractivity contribution in [2.45, 2.75) is 32.8 Å². The number of hydrogen-bond acceptors (Lipinski definition) is 1. The predicted octanol–water partition coefficient (Wildman–Crippen LogP) is 2.84. The van der Waals surface area contributed by atoms with Gasteiger partial charge in [0.05, 0.1) is 6.10 Å². The molecule has 0 unspecified atom stereocenters. The van der Waals surface area contributed by atoms with Crippen LogP contribution in [0.2, 0.25) is 0 Å². The van der Waals surface area contributed by atoms with E-state index in [2.05, 4.69) is 0 Å². The van der Waals surface area contributed by atoms with Gasteiger partial charge in [-0.15, -0.1) is 0 Å². The van der Waals surface area contributed by atoms with E-state index in [-0.39, 0.29) is 11.9 Å². The van der Waals surface area contributed by atoms with Crippen LogP contribution in [-0.4, -0.2) is 11.2 Å². The first-order valence-corrected chi connectivity index (χ1v) is 5.29. The van der Waals surface area contributed by atoms with Gasteiger partial charge in [0, 0.05) is 0 Å². The molecule has 1 aromatic rings. The lowest BCUT2D eigenvalue weighted by Gasteiger charge is -2.07. The quantitative estimate of drug-likeness (QED) is 0.788. The van der Waals surface area contributed by atoms with Crippen LogP contribution in [0.25, 0.3) is 6.08 Å². The van der Waals surface area contributed by atoms with Gasteiger partial charge >= 0.3 is 0 Å². The normalized spacial score (nSPS) is 16.1. The second kappa shape index (κ2) is 3.78. The molecule has 0 aliphatic heterocycles. The molecule has 0 amide bonds. The van der Waals surface area contributed by atoms with Crippen LogP contribution >= 0.6 is 0 Å². The second-order valence-corrected chi connectivity index (χ2v) is 4.12. The van der Waals surface area contributed by atoms with Crippen LogP contribution in [0.15, 0.2) is 17.7 Å². The van der Waals surface area contributed by atoms with Gasteiger partial charge in [-0.25, -0.2) is 4.39 Å². The van der Waals surface area contributed by atoms with Crippen molar-refractivity contribution in [3.05, 3.63) is 40.2 Å². The Balaban J connectivity index is 2.34. The maximum atomic E-state index is 13.3. The van der Waals surface area contributed by atoms with Crippen LogP contribution in [0.3, 0.4) is 0 Å². The molecule has 2 rings (SSSR count). The van der Waals surface area contributed by atoms with Gasteiger partial charge in [0.1, 0.15) is 5.82 Å². The lowest BCUT2D eigenvalue weighted by atomic mass is 10.0. The fourth-order valence-electron chi connectivity index (χ4n) is 1.98. The van der Waals surface area contributed by atoms with Crippen LogP contribution in [0, 0.1) is 12.7 Å². The molecule has 1 nitrogen and oxygen atoms in total. The van der Waals surface area contributed by atoms with E-state index in [4.69, 9.17) is 0 Å². The van der Waals surface area contributed by atoms with E-state index in [9.17, 15) is 9.50 Å². The predicted molar refractivity (Wildman–Crippen MR) is 59.1 cm³/mol. The van der Waals surface area contributed by atoms with Crippen molar-refractivity contribution in [2.24, 2.45) is 0 Å². The molecule has 0 radical (unpaired) electrons. The Morgan fingerprint density at radius 1 is 1.47 bits per heavy atom. The van der Waals surface area contributed by atoms with E-state index >= 15 is 0 Å². The standard InChI is InChI=1S/C13H15FO/c1-3-13(15)11-5-9-4-8(2)12(14)7-10(9)6-11/h4-5,7,13,15H,3,6H2,1-2H3/t13-/m0/s1. The van der Waals surface area contributed by atoms with Gasteiger partial charge in [-0.1, -0.05) is 13.0 Å². The topological polar surface area (TPSA) is 20.2 Å². The number of aliphatic hydroxyl groups excluding tert-OH is 1. The largest absolute Gasteiger partial charge is 0.389 e. The summed E-state index contributed by atoms with van der Waals surface area (Å²) < 4.78 is 13.3. The first-order valence-electron chi connectivity index (χ1n) is 5.29. The zero-order valence-electron chi connectivity index (χ0n) is 9.05. The number of halogens is 1. The highest BCUT2D eigenvalue weighted by atomic mass is 19.1. The Bertz CT molecular complexity index is 421. The van der Waals surface area contributed by atoms with Crippen LogP contribution in [0.4, 0.5) is 4.39 Å². The van der Waals surface area contributed by atoms with Crippen molar-refractivity contribution in [2.75, 3.05) is 0 Å². The van der Waals surface area contributed by atoms with Gasteiger partial charge in [-0.3, -0.25) is 0 Å². The maximum absolute atomic E-state index is 13.3. The summed E-state index contributed by atoms with van der Waals surface area (Å²) >= 11 is 0. The molecule has 1 N–H and O–H groups in total. The van der Waals surface area contributed by atoms with E-state index in [0.717, 1.165) is 16.7 Å². The molecule has 0 saturated carbocycles. The minimum Gasteiger partial charge on any atom is -0.389 e. The maximum Gasteiger partial charge on any atom is 0.126 e. The molecule has 0 bridgehead atoms. The Morgan fingerprint density at radius 3 is 2.87 bits per heavy atom. The molecule has 15 heavy (non-hydrogen) atoms. The van der Waals surface area contributed by atoms with Gasteiger partial charge in [-0.05, 0) is 54.2 Å². The summed E-state index contributed by atoms with van der Waals surface area (Å²) in [6, 6.07) is 3.43. The van der Waals surface area contributed by atoms with Crippen molar-refractivity contribution in [1.29, 1.82) is 0 Å². The fraction of sp³-hybridized carbons (Fsp3) is 0.385. The van der Waals surface area contributed by atoms with Crippen molar-refractivity contribution < 1.29 is 9.50 Å². The minimum absolute atomic E-state index is 0.158. The summed E-state index contributed by atoms with van der Waals surface area (Å²) in [5.74, 6) is -0.158. The summed E-state index contributed by atoms with van der Waals surface area (Å²) in [4.78, 5) is 0. The smallest absolute Gasteiger partial charge is 0.126 e. The number of aliphatic hydroxyl groups is 1. The Hall–Kier alpha value is -1.15. The monoisotopic (exact) mass is 206 g/mol. The summed E-state index contributed by atoms with van der Waals surface area (Å²) in [6.07, 6.45) is 2.99. The summed E-state index contributed by atoms with van der Waals surface area (Å²) in [6.45, 7) is 3.71. The fourth-order valence-corrected chi connectivity index (χ4v) is 1.98. The number of aryl methyl sites for hydroxylation is 1. The second-order valence-electron chi connectivity index (χ2n) is 4.12. The van der Waals surface area contributed by atoms with Crippen LogP contribution < -0.4 is 0 Å². The highest BCUT2D eigenvalue weighted by molar-refractivity contribution is 5.65. The van der Waals surface area contributed by atoms with E-state index in [1.165, 1.54) is 0 Å². The third-order valence-electron chi connectivity index (χ3n) is 2.97. The van der Waals surface area contributed by atoms with Crippen LogP contribution in [0.5, 0.6) is 0 Å². The van der Waals surface area contributed by atoms with Gasteiger partial charge in [-0.2, -0.15) is 0 Å². The molecule has 0 fully saturated rings. The molecule has 80 valence electrons. The number of fused-ring (bicyclic) bond motifs is 1. The molecule has 1 aromatic carbocycles. The molecular formula is C13H15FO. The molecule has 0 aromatic heterocycles. The first kappa shape index (κ1) is 10.4. The van der Waals surface area contributed by atoms with Crippen molar-refractivity contribution in [3.63, 3.8) is 0 Å². The van der Waals surface area contributed by atoms with Crippen LogP contribution in [-0.2, 0) is 6.42 Å². The SMILES string of the molecule is CC[C@H](O)C1=Cc2cc(C)c(F)cc2C1. The van der Waals surface area contributed by atoms with Gasteiger partial charge in [0.25, 0.3) is 0 Å². The molecule has 1 atom stereocenters. The van der Waals surface area contributed by atoms with Crippen molar-refractivity contribution in [1.82, 2.24) is 0 Å². The molecule has 1 aliphatic rings. The van der Waals surface area contributed by atoms with Gasteiger partial charge < -0.3 is 5.11 Å². The van der Waals surface area contributed by atoms with E-state index < -0.39 is 0 Å². The summed E-state index contributed by atoms with van der Waals surface area (Å²) in [7, 11) is 0. The lowest BCUT2D eigenvalue weighted by molar-refractivity contribution is 0.205. The molecule has 0 spiro atoms. The van der Waals surface area contributed by atoms with Crippen molar-refractivity contribution in [3.8, 4) is 0 Å². The lowest BCUT2D eigenvalue weighted by Crippen LogP contribution is -2.08. The zero-order chi connectivity index (χ0) is 11.0. The van der Waals surface area contributed by atoms with E-state index in [1.807, 2.05) is 19.1 Å². The summed E-state index contributed by atoms with van der Waals surface area (Å²) in [5.41, 5.74) is 3.70. The van der Waals surface area contributed by atoms with Gasteiger partial charge in [0.15, 0.2) is 0 Å².